The fourth-order valence-electron chi connectivity index (χ4n) is 4.40. The van der Waals surface area contributed by atoms with E-state index in [-0.39, 0.29) is 18.6 Å². The van der Waals surface area contributed by atoms with E-state index in [1.54, 1.807) is 11.1 Å². The molecule has 1 amide bonds. The highest BCUT2D eigenvalue weighted by Crippen LogP contribution is 2.29. The van der Waals surface area contributed by atoms with E-state index < -0.39 is 6.10 Å². The van der Waals surface area contributed by atoms with Gasteiger partial charge in [0, 0.05) is 35.6 Å². The van der Waals surface area contributed by atoms with Crippen molar-refractivity contribution in [3.8, 4) is 5.75 Å². The first-order valence-electron chi connectivity index (χ1n) is 10.6. The summed E-state index contributed by atoms with van der Waals surface area (Å²) in [6.45, 7) is 4.83. The Morgan fingerprint density at radius 1 is 1.13 bits per heavy atom. The third-order valence-corrected chi connectivity index (χ3v) is 6.27. The highest BCUT2D eigenvalue weighted by atomic mass is 16.5. The number of piperidine rings is 1. The Hall–Kier alpha value is -3.38. The lowest BCUT2D eigenvalue weighted by molar-refractivity contribution is -0.0192. The Morgan fingerprint density at radius 3 is 2.77 bits per heavy atom. The lowest BCUT2D eigenvalue weighted by Crippen LogP contribution is -2.51. The van der Waals surface area contributed by atoms with Crippen molar-refractivity contribution in [3.05, 3.63) is 71.5 Å². The number of hydrogen-bond donors (Lipinski definition) is 2. The van der Waals surface area contributed by atoms with Crippen LogP contribution >= 0.6 is 0 Å². The zero-order chi connectivity index (χ0) is 21.5. The number of nitrogens with one attached hydrogen (secondary N) is 1. The number of β-amino-alcohol motifs (C(OH)–C–C–N with tert-alkyl or cyclic N) is 1. The first-order valence-corrected chi connectivity index (χ1v) is 10.6. The summed E-state index contributed by atoms with van der Waals surface area (Å²) in [5.74, 6) is 0.634. The van der Waals surface area contributed by atoms with Crippen LogP contribution in [0.3, 0.4) is 0 Å². The Labute approximate surface area is 180 Å². The van der Waals surface area contributed by atoms with Crippen molar-refractivity contribution in [2.75, 3.05) is 13.1 Å². The van der Waals surface area contributed by atoms with Gasteiger partial charge in [-0.3, -0.25) is 9.78 Å². The second kappa shape index (κ2) is 7.71. The third-order valence-electron chi connectivity index (χ3n) is 6.27. The van der Waals surface area contributed by atoms with E-state index in [1.165, 1.54) is 0 Å². The Bertz CT molecular complexity index is 1270. The number of amides is 1. The smallest absolute Gasteiger partial charge is 0.256 e. The summed E-state index contributed by atoms with van der Waals surface area (Å²) in [6.07, 6.45) is 1.16. The summed E-state index contributed by atoms with van der Waals surface area (Å²) in [4.78, 5) is 22.7. The molecule has 1 aliphatic rings. The van der Waals surface area contributed by atoms with Crippen molar-refractivity contribution in [2.24, 2.45) is 0 Å². The summed E-state index contributed by atoms with van der Waals surface area (Å²) >= 11 is 0. The number of hydrogen-bond acceptors (Lipinski definition) is 4. The number of ether oxygens (including phenoxy) is 1. The fourth-order valence-corrected chi connectivity index (χ4v) is 4.40. The molecule has 2 atom stereocenters. The van der Waals surface area contributed by atoms with Gasteiger partial charge in [-0.25, -0.2) is 0 Å². The molecule has 5 rings (SSSR count). The molecule has 0 spiro atoms. The number of aromatic nitrogens is 2. The molecule has 158 valence electrons. The summed E-state index contributed by atoms with van der Waals surface area (Å²) in [5, 5.41) is 12.8. The van der Waals surface area contributed by atoms with Crippen LogP contribution in [0.15, 0.2) is 54.7 Å². The van der Waals surface area contributed by atoms with Crippen molar-refractivity contribution in [1.82, 2.24) is 14.9 Å². The van der Waals surface area contributed by atoms with Gasteiger partial charge in [0.05, 0.1) is 23.1 Å². The van der Waals surface area contributed by atoms with Gasteiger partial charge in [-0.15, -0.1) is 0 Å². The molecule has 1 fully saturated rings. The van der Waals surface area contributed by atoms with E-state index in [1.807, 2.05) is 55.5 Å². The average molecular weight is 415 g/mol. The first kappa shape index (κ1) is 19.6. The molecular weight excluding hydrogens is 390 g/mol. The largest absolute Gasteiger partial charge is 0.487 e. The number of carbonyl (C=O) groups excluding carboxylic acids is 1. The number of carbonyl (C=O) groups is 1. The van der Waals surface area contributed by atoms with Gasteiger partial charge in [0.1, 0.15) is 18.0 Å². The van der Waals surface area contributed by atoms with Crippen LogP contribution in [-0.2, 0) is 0 Å². The first-order chi connectivity index (χ1) is 15.0. The molecule has 6 heteroatoms. The Balaban J connectivity index is 1.34. The van der Waals surface area contributed by atoms with Crippen LogP contribution in [0.5, 0.6) is 5.75 Å². The number of aryl methyl sites for hydroxylation is 2. The predicted molar refractivity (Wildman–Crippen MR) is 120 cm³/mol. The van der Waals surface area contributed by atoms with Gasteiger partial charge in [-0.1, -0.05) is 18.2 Å². The lowest BCUT2D eigenvalue weighted by atomic mass is 10.0. The minimum Gasteiger partial charge on any atom is -0.487 e. The number of likely N-dealkylation sites (tertiary alicyclic amines) is 1. The van der Waals surface area contributed by atoms with E-state index in [9.17, 15) is 9.90 Å². The van der Waals surface area contributed by atoms with Crippen LogP contribution in [0.1, 0.15) is 28.0 Å². The van der Waals surface area contributed by atoms with Gasteiger partial charge in [0.2, 0.25) is 0 Å². The van der Waals surface area contributed by atoms with Crippen molar-refractivity contribution in [3.63, 3.8) is 0 Å². The van der Waals surface area contributed by atoms with E-state index in [2.05, 4.69) is 16.9 Å². The normalized spacial score (nSPS) is 19.1. The van der Waals surface area contributed by atoms with Crippen LogP contribution in [0.25, 0.3) is 21.8 Å². The number of rotatable bonds is 3. The zero-order valence-corrected chi connectivity index (χ0v) is 17.6. The number of benzene rings is 2. The molecular formula is C25H25N3O3. The molecule has 1 aliphatic heterocycles. The van der Waals surface area contributed by atoms with E-state index >= 15 is 0 Å². The van der Waals surface area contributed by atoms with E-state index in [0.717, 1.165) is 33.1 Å². The van der Waals surface area contributed by atoms with Crippen molar-refractivity contribution < 1.29 is 14.6 Å². The van der Waals surface area contributed by atoms with Gasteiger partial charge in [-0.2, -0.15) is 0 Å². The van der Waals surface area contributed by atoms with Gasteiger partial charge in [0.15, 0.2) is 0 Å². The molecule has 0 bridgehead atoms. The predicted octanol–water partition coefficient (Wildman–Crippen LogP) is 3.99. The molecule has 0 radical (unpaired) electrons. The minimum atomic E-state index is -0.768. The number of pyridine rings is 1. The molecule has 4 aromatic rings. The van der Waals surface area contributed by atoms with Crippen LogP contribution in [0.2, 0.25) is 0 Å². The van der Waals surface area contributed by atoms with Gasteiger partial charge in [0.25, 0.3) is 5.91 Å². The zero-order valence-electron chi connectivity index (χ0n) is 17.6. The number of H-pyrrole nitrogens is 1. The molecule has 2 aromatic heterocycles. The second-order valence-corrected chi connectivity index (χ2v) is 8.19. The van der Waals surface area contributed by atoms with Gasteiger partial charge in [-0.05, 0) is 49.7 Å². The summed E-state index contributed by atoms with van der Waals surface area (Å²) < 4.78 is 6.17. The maximum atomic E-state index is 13.3. The lowest BCUT2D eigenvalue weighted by Gasteiger charge is -2.36. The number of aliphatic hydroxyl groups is 1. The molecule has 2 N–H and O–H groups in total. The topological polar surface area (TPSA) is 78.5 Å². The number of para-hydroxylation sites is 1. The van der Waals surface area contributed by atoms with E-state index in [4.69, 9.17) is 4.74 Å². The molecule has 6 nitrogen and oxygen atoms in total. The second-order valence-electron chi connectivity index (χ2n) is 8.19. The number of fused-ring (bicyclic) bond motifs is 2. The molecule has 0 unspecified atom stereocenters. The maximum absolute atomic E-state index is 13.3. The fraction of sp³-hybridized carbons (Fsp3) is 0.280. The molecule has 0 aliphatic carbocycles. The SMILES string of the molecule is Cc1[nH]c2c(C(=O)N3CC[C@@H](Oc4cccc5ncccc45)[C@H](O)C3)cccc2c1C. The molecule has 31 heavy (non-hydrogen) atoms. The molecule has 2 aromatic carbocycles. The minimum absolute atomic E-state index is 0.0706. The van der Waals surface area contributed by atoms with Crippen molar-refractivity contribution in [1.29, 1.82) is 0 Å². The third kappa shape index (κ3) is 3.43. The van der Waals surface area contributed by atoms with Gasteiger partial charge < -0.3 is 19.7 Å². The molecule has 0 saturated carbocycles. The Kier molecular flexibility index (Phi) is 4.87. The number of aliphatic hydroxyl groups excluding tert-OH is 1. The standard InChI is InChI=1S/C25H25N3O3/c1-15-16(2)27-24-17(15)6-3-7-19(24)25(30)28-13-11-23(21(29)14-28)31-22-10-4-9-20-18(22)8-5-12-26-20/h3-10,12,21,23,27,29H,11,13-14H2,1-2H3/t21-,23-/m1/s1. The van der Waals surface area contributed by atoms with Gasteiger partial charge >= 0.3 is 0 Å². The van der Waals surface area contributed by atoms with Crippen molar-refractivity contribution in [2.45, 2.75) is 32.5 Å². The summed E-state index contributed by atoms with van der Waals surface area (Å²) in [5.41, 5.74) is 4.57. The maximum Gasteiger partial charge on any atom is 0.256 e. The van der Waals surface area contributed by atoms with Crippen LogP contribution in [0.4, 0.5) is 0 Å². The summed E-state index contributed by atoms with van der Waals surface area (Å²) in [6, 6.07) is 15.3. The van der Waals surface area contributed by atoms with Crippen LogP contribution in [0, 0.1) is 13.8 Å². The number of aromatic amines is 1. The van der Waals surface area contributed by atoms with Crippen LogP contribution in [-0.4, -0.2) is 51.2 Å². The molecule has 1 saturated heterocycles. The highest BCUT2D eigenvalue weighted by molar-refractivity contribution is 6.06. The monoisotopic (exact) mass is 415 g/mol. The average Bonchev–Trinajstić information content (AvgIpc) is 3.08. The molecule has 3 heterocycles. The number of nitrogens with zero attached hydrogens (tertiary/aromatic N) is 2. The summed E-state index contributed by atoms with van der Waals surface area (Å²) in [7, 11) is 0. The van der Waals surface area contributed by atoms with E-state index in [0.29, 0.717) is 24.3 Å². The highest BCUT2D eigenvalue weighted by Gasteiger charge is 2.33. The van der Waals surface area contributed by atoms with Crippen LogP contribution < -0.4 is 4.74 Å². The quantitative estimate of drug-likeness (QED) is 0.530. The van der Waals surface area contributed by atoms with Crippen molar-refractivity contribution >= 4 is 27.7 Å². The Morgan fingerprint density at radius 2 is 1.94 bits per heavy atom.